The quantitative estimate of drug-likeness (QED) is 0.212. The fourth-order valence-corrected chi connectivity index (χ4v) is 5.39. The molecule has 13 nitrogen and oxygen atoms in total. The van der Waals surface area contributed by atoms with Crippen LogP contribution < -0.4 is 5.32 Å². The number of thioether (sulfide) groups is 2. The van der Waals surface area contributed by atoms with Gasteiger partial charge in [0.1, 0.15) is 17.1 Å². The van der Waals surface area contributed by atoms with Crippen molar-refractivity contribution in [1.29, 1.82) is 0 Å². The molecule has 3 heterocycles. The third-order valence-electron chi connectivity index (χ3n) is 4.57. The van der Waals surface area contributed by atoms with E-state index in [2.05, 4.69) is 20.8 Å². The average Bonchev–Trinajstić information content (AvgIpc) is 3.13. The highest BCUT2D eigenvalue weighted by molar-refractivity contribution is 8.01. The minimum atomic E-state index is -1.55. The van der Waals surface area contributed by atoms with Gasteiger partial charge in [0.05, 0.1) is 0 Å². The number of tetrazole rings is 1. The number of carboxylic acid groups (broad SMARTS) is 2. The van der Waals surface area contributed by atoms with Crippen molar-refractivity contribution in [1.82, 2.24) is 30.4 Å². The van der Waals surface area contributed by atoms with Crippen LogP contribution in [0.5, 0.6) is 0 Å². The molecular weight excluding hydrogens is 452 g/mol. The maximum absolute atomic E-state index is 12.6. The van der Waals surface area contributed by atoms with Crippen LogP contribution in [0.15, 0.2) is 16.4 Å². The molecule has 1 fully saturated rings. The van der Waals surface area contributed by atoms with E-state index in [-0.39, 0.29) is 30.7 Å². The minimum Gasteiger partial charge on any atom is -0.477 e. The number of fused-ring (bicyclic) bond motifs is 1. The molecule has 1 aromatic heterocycles. The van der Waals surface area contributed by atoms with Gasteiger partial charge in [0.15, 0.2) is 0 Å². The van der Waals surface area contributed by atoms with E-state index >= 15 is 0 Å². The van der Waals surface area contributed by atoms with Crippen molar-refractivity contribution >= 4 is 53.1 Å². The van der Waals surface area contributed by atoms with Crippen LogP contribution in [0.1, 0.15) is 19.3 Å². The van der Waals surface area contributed by atoms with Crippen molar-refractivity contribution in [2.24, 2.45) is 7.05 Å². The van der Waals surface area contributed by atoms with E-state index in [0.717, 1.165) is 0 Å². The molecule has 2 atom stereocenters. The molecule has 0 saturated carbocycles. The van der Waals surface area contributed by atoms with Crippen molar-refractivity contribution < 1.29 is 34.2 Å². The molecule has 15 heteroatoms. The highest BCUT2D eigenvalue weighted by Crippen LogP contribution is 2.41. The maximum Gasteiger partial charge on any atom is 0.372 e. The number of carboxylic acids is 2. The lowest BCUT2D eigenvalue weighted by molar-refractivity contribution is -0.150. The molecule has 1 aromatic rings. The summed E-state index contributed by atoms with van der Waals surface area (Å²) in [7, 11) is 1.66. The lowest BCUT2D eigenvalue weighted by atomic mass is 10.0. The van der Waals surface area contributed by atoms with Crippen LogP contribution in [0, 0.1) is 0 Å². The molecule has 0 aliphatic carbocycles. The number of nitrogens with zero attached hydrogens (tertiary/aromatic N) is 5. The van der Waals surface area contributed by atoms with E-state index in [9.17, 15) is 29.1 Å². The topological polar surface area (TPSA) is 185 Å². The number of hydrogen-bond donors (Lipinski definition) is 3. The summed E-state index contributed by atoms with van der Waals surface area (Å²) < 4.78 is 1.45. The summed E-state index contributed by atoms with van der Waals surface area (Å²) >= 11 is 2.59. The zero-order chi connectivity index (χ0) is 22.7. The fraction of sp³-hybridized carbons (Fsp3) is 0.500. The summed E-state index contributed by atoms with van der Waals surface area (Å²) in [5.41, 5.74) is 0.445. The van der Waals surface area contributed by atoms with Crippen LogP contribution in [0.3, 0.4) is 0 Å². The normalized spacial score (nSPS) is 20.2. The molecular formula is C16H18N6O7S2. The van der Waals surface area contributed by atoms with Crippen LogP contribution in [-0.4, -0.2) is 87.8 Å². The molecule has 0 radical (unpaired) electrons. The summed E-state index contributed by atoms with van der Waals surface area (Å²) in [5, 5.41) is 31.7. The highest BCUT2D eigenvalue weighted by Gasteiger charge is 2.54. The Hall–Kier alpha value is -2.94. The summed E-state index contributed by atoms with van der Waals surface area (Å²) in [4.78, 5) is 59.2. The van der Waals surface area contributed by atoms with Crippen molar-refractivity contribution in [3.8, 4) is 0 Å². The number of hydrogen-bond acceptors (Lipinski definition) is 10. The summed E-state index contributed by atoms with van der Waals surface area (Å²) in [6.07, 6.45) is -0.354. The molecule has 0 bridgehead atoms. The number of aromatic nitrogens is 4. The lowest BCUT2D eigenvalue weighted by Crippen LogP contribution is -2.70. The van der Waals surface area contributed by atoms with Crippen LogP contribution in [0.4, 0.5) is 0 Å². The molecule has 2 aliphatic rings. The maximum atomic E-state index is 12.6. The highest BCUT2D eigenvalue weighted by atomic mass is 32.2. The van der Waals surface area contributed by atoms with Gasteiger partial charge in [-0.2, -0.15) is 0 Å². The van der Waals surface area contributed by atoms with Crippen molar-refractivity contribution in [2.45, 2.75) is 35.8 Å². The Morgan fingerprint density at radius 2 is 2.00 bits per heavy atom. The number of aryl methyl sites for hydroxylation is 1. The second-order valence-electron chi connectivity index (χ2n) is 6.67. The molecule has 3 N–H and O–H groups in total. The molecule has 2 aliphatic heterocycles. The Morgan fingerprint density at radius 3 is 2.61 bits per heavy atom. The second kappa shape index (κ2) is 9.47. The molecule has 0 aromatic carbocycles. The van der Waals surface area contributed by atoms with Gasteiger partial charge in [0.2, 0.25) is 16.8 Å². The number of nitrogens with one attached hydrogen (secondary N) is 1. The monoisotopic (exact) mass is 470 g/mol. The van der Waals surface area contributed by atoms with Gasteiger partial charge in [-0.1, -0.05) is 11.8 Å². The first-order valence-corrected chi connectivity index (χ1v) is 11.0. The number of rotatable bonds is 10. The van der Waals surface area contributed by atoms with Gasteiger partial charge in [0, 0.05) is 31.4 Å². The van der Waals surface area contributed by atoms with E-state index < -0.39 is 41.0 Å². The van der Waals surface area contributed by atoms with E-state index in [0.29, 0.717) is 16.5 Å². The Balaban J connectivity index is 1.60. The van der Waals surface area contributed by atoms with Gasteiger partial charge in [-0.25, -0.2) is 14.3 Å². The average molecular weight is 470 g/mol. The van der Waals surface area contributed by atoms with Crippen LogP contribution in [0.2, 0.25) is 0 Å². The third-order valence-corrected chi connectivity index (χ3v) is 7.01. The number of carbonyl (C=O) groups excluding carboxylic acids is 3. The van der Waals surface area contributed by atoms with Gasteiger partial charge < -0.3 is 15.5 Å². The largest absolute Gasteiger partial charge is 0.477 e. The summed E-state index contributed by atoms with van der Waals surface area (Å²) in [6, 6.07) is -0.876. The van der Waals surface area contributed by atoms with Crippen LogP contribution >= 0.6 is 23.5 Å². The zero-order valence-electron chi connectivity index (χ0n) is 16.2. The van der Waals surface area contributed by atoms with E-state index in [1.54, 1.807) is 7.05 Å². The minimum absolute atomic E-state index is 0.0396. The number of carbonyl (C=O) groups is 5. The smallest absolute Gasteiger partial charge is 0.372 e. The number of Topliss-reactive ketones (excluding diaryl/α,β-unsaturated/α-hetero) is 1. The molecule has 0 unspecified atom stereocenters. The number of aliphatic carboxylic acids is 2. The molecule has 3 rings (SSSR count). The van der Waals surface area contributed by atoms with E-state index in [4.69, 9.17) is 5.11 Å². The van der Waals surface area contributed by atoms with Crippen molar-refractivity contribution in [3.63, 3.8) is 0 Å². The first kappa shape index (κ1) is 22.7. The Bertz CT molecular complexity index is 977. The van der Waals surface area contributed by atoms with E-state index in [1.807, 2.05) is 0 Å². The van der Waals surface area contributed by atoms with Crippen molar-refractivity contribution in [3.05, 3.63) is 11.3 Å². The van der Waals surface area contributed by atoms with Crippen molar-refractivity contribution in [2.75, 3.05) is 11.5 Å². The van der Waals surface area contributed by atoms with Crippen LogP contribution in [-0.2, 0) is 31.0 Å². The third kappa shape index (κ3) is 4.87. The first-order valence-electron chi connectivity index (χ1n) is 9.01. The van der Waals surface area contributed by atoms with E-state index in [1.165, 1.54) is 33.1 Å². The fourth-order valence-electron chi connectivity index (χ4n) is 3.05. The first-order chi connectivity index (χ1) is 14.7. The van der Waals surface area contributed by atoms with Crippen LogP contribution in [0.25, 0.3) is 0 Å². The molecule has 0 spiro atoms. The molecule has 2 amide bonds. The van der Waals surface area contributed by atoms with Gasteiger partial charge in [-0.15, -0.1) is 16.9 Å². The number of ketones is 1. The van der Waals surface area contributed by atoms with Gasteiger partial charge >= 0.3 is 11.9 Å². The predicted molar refractivity (Wildman–Crippen MR) is 106 cm³/mol. The standard InChI is InChI=1S/C16H18N6O7S2/c1-21-16(18-19-20-21)31-6-7-5-30-13-10(12(25)22(13)11(7)15(28)29)17-9(24)4-2-3-8(23)14(26)27/h10,13H,2-6H2,1H3,(H,17,24)(H,26,27)(H,28,29)/t10-,13-/m1/s1. The zero-order valence-corrected chi connectivity index (χ0v) is 17.8. The summed E-state index contributed by atoms with van der Waals surface area (Å²) in [5.74, 6) is -4.17. The summed E-state index contributed by atoms with van der Waals surface area (Å²) in [6.45, 7) is 0. The number of β-lactam (4-membered cyclic amide) rings is 1. The molecule has 166 valence electrons. The number of amides is 2. The second-order valence-corrected chi connectivity index (χ2v) is 8.72. The van der Waals surface area contributed by atoms with Gasteiger partial charge in [-0.3, -0.25) is 19.3 Å². The SMILES string of the molecule is Cn1nnnc1SCC1=C(C(=O)O)N2C(=O)[C@@H](NC(=O)CCCC(=O)C(=O)O)[C@H]2SC1. The van der Waals surface area contributed by atoms with Gasteiger partial charge in [0.25, 0.3) is 5.91 Å². The Kier molecular flexibility index (Phi) is 6.94. The molecule has 1 saturated heterocycles. The Morgan fingerprint density at radius 1 is 1.26 bits per heavy atom. The Labute approximate surface area is 183 Å². The predicted octanol–water partition coefficient (Wildman–Crippen LogP) is -1.14. The van der Waals surface area contributed by atoms with Gasteiger partial charge in [-0.05, 0) is 22.4 Å². The molecule has 31 heavy (non-hydrogen) atoms. The lowest BCUT2D eigenvalue weighted by Gasteiger charge is -2.49.